The summed E-state index contributed by atoms with van der Waals surface area (Å²) in [7, 11) is 3.58. The van der Waals surface area contributed by atoms with E-state index in [1.54, 1.807) is 31.1 Å². The number of nitrogens with two attached hydrogens (primary N) is 1. The molecule has 0 aromatic heterocycles. The SMILES string of the molecule is CC(NC(N)=NCC1(C(=O)N(C)C)CCCC1)c1ccc(Cl)cc1Cl.I. The lowest BCUT2D eigenvalue weighted by atomic mass is 9.85. The molecule has 0 bridgehead atoms. The van der Waals surface area contributed by atoms with E-state index in [4.69, 9.17) is 28.9 Å². The molecule has 0 radical (unpaired) electrons. The van der Waals surface area contributed by atoms with Gasteiger partial charge in [-0.1, -0.05) is 42.1 Å². The van der Waals surface area contributed by atoms with E-state index in [2.05, 4.69) is 10.3 Å². The highest BCUT2D eigenvalue weighted by molar-refractivity contribution is 14.0. The Balaban J connectivity index is 0.00000338. The predicted molar refractivity (Wildman–Crippen MR) is 120 cm³/mol. The summed E-state index contributed by atoms with van der Waals surface area (Å²) in [5.74, 6) is 0.451. The van der Waals surface area contributed by atoms with Crippen LogP contribution in [0.4, 0.5) is 0 Å². The molecule has 1 saturated carbocycles. The Morgan fingerprint density at radius 3 is 2.50 bits per heavy atom. The van der Waals surface area contributed by atoms with Gasteiger partial charge in [-0.2, -0.15) is 0 Å². The molecule has 146 valence electrons. The van der Waals surface area contributed by atoms with Crippen molar-refractivity contribution in [2.24, 2.45) is 16.1 Å². The van der Waals surface area contributed by atoms with Crippen LogP contribution >= 0.6 is 47.2 Å². The van der Waals surface area contributed by atoms with Gasteiger partial charge in [0.25, 0.3) is 0 Å². The second kappa shape index (κ2) is 9.99. The third kappa shape index (κ3) is 5.63. The van der Waals surface area contributed by atoms with Crippen LogP contribution in [-0.4, -0.2) is 37.4 Å². The van der Waals surface area contributed by atoms with Crippen molar-refractivity contribution < 1.29 is 4.79 Å². The summed E-state index contributed by atoms with van der Waals surface area (Å²) in [6.45, 7) is 2.36. The number of carbonyl (C=O) groups is 1. The van der Waals surface area contributed by atoms with Gasteiger partial charge in [0.1, 0.15) is 0 Å². The number of guanidine groups is 1. The van der Waals surface area contributed by atoms with E-state index in [1.807, 2.05) is 13.0 Å². The van der Waals surface area contributed by atoms with Crippen molar-refractivity contribution in [2.75, 3.05) is 20.6 Å². The van der Waals surface area contributed by atoms with Gasteiger partial charge in [-0.3, -0.25) is 9.79 Å². The Labute approximate surface area is 182 Å². The van der Waals surface area contributed by atoms with E-state index in [9.17, 15) is 4.79 Å². The molecule has 0 saturated heterocycles. The Bertz CT molecular complexity index is 661. The number of halogens is 3. The van der Waals surface area contributed by atoms with E-state index in [-0.39, 0.29) is 35.9 Å². The Morgan fingerprint density at radius 2 is 1.96 bits per heavy atom. The second-order valence-corrected chi connectivity index (χ2v) is 7.76. The van der Waals surface area contributed by atoms with Crippen LogP contribution in [-0.2, 0) is 4.79 Å². The van der Waals surface area contributed by atoms with Crippen molar-refractivity contribution in [3.05, 3.63) is 33.8 Å². The monoisotopic (exact) mass is 512 g/mol. The number of hydrogen-bond donors (Lipinski definition) is 2. The molecule has 0 heterocycles. The Kier molecular flexibility index (Phi) is 8.96. The van der Waals surface area contributed by atoms with Crippen molar-refractivity contribution in [1.82, 2.24) is 10.2 Å². The fourth-order valence-corrected chi connectivity index (χ4v) is 3.97. The quantitative estimate of drug-likeness (QED) is 0.352. The van der Waals surface area contributed by atoms with Gasteiger partial charge in [-0.15, -0.1) is 24.0 Å². The van der Waals surface area contributed by atoms with Crippen LogP contribution in [0.25, 0.3) is 0 Å². The van der Waals surface area contributed by atoms with Crippen LogP contribution in [0.2, 0.25) is 10.0 Å². The number of aliphatic imine (C=N–C) groups is 1. The minimum Gasteiger partial charge on any atom is -0.370 e. The highest BCUT2D eigenvalue weighted by Gasteiger charge is 2.41. The summed E-state index contributed by atoms with van der Waals surface area (Å²) in [4.78, 5) is 18.7. The minimum atomic E-state index is -0.420. The molecule has 5 nitrogen and oxygen atoms in total. The molecule has 1 fully saturated rings. The van der Waals surface area contributed by atoms with E-state index < -0.39 is 5.41 Å². The molecule has 1 aliphatic rings. The van der Waals surface area contributed by atoms with Gasteiger partial charge in [-0.25, -0.2) is 0 Å². The second-order valence-electron chi connectivity index (χ2n) is 6.92. The summed E-state index contributed by atoms with van der Waals surface area (Å²) >= 11 is 12.2. The number of rotatable bonds is 5. The maximum atomic E-state index is 12.6. The highest BCUT2D eigenvalue weighted by Crippen LogP contribution is 2.39. The minimum absolute atomic E-state index is 0. The lowest BCUT2D eigenvalue weighted by Crippen LogP contribution is -2.42. The van der Waals surface area contributed by atoms with Crippen LogP contribution in [0.3, 0.4) is 0 Å². The first-order valence-corrected chi connectivity index (χ1v) is 9.24. The zero-order valence-electron chi connectivity index (χ0n) is 15.4. The molecule has 1 amide bonds. The van der Waals surface area contributed by atoms with E-state index in [0.29, 0.717) is 22.5 Å². The van der Waals surface area contributed by atoms with Gasteiger partial charge in [0.05, 0.1) is 18.0 Å². The van der Waals surface area contributed by atoms with Gasteiger partial charge in [-0.05, 0) is 37.5 Å². The summed E-state index contributed by atoms with van der Waals surface area (Å²) in [6.07, 6.45) is 3.83. The van der Waals surface area contributed by atoms with Crippen molar-refractivity contribution >= 4 is 59.0 Å². The first-order valence-electron chi connectivity index (χ1n) is 8.48. The topological polar surface area (TPSA) is 70.7 Å². The molecule has 0 aliphatic heterocycles. The van der Waals surface area contributed by atoms with Crippen molar-refractivity contribution in [1.29, 1.82) is 0 Å². The van der Waals surface area contributed by atoms with Gasteiger partial charge in [0.2, 0.25) is 5.91 Å². The molecule has 1 aliphatic carbocycles. The van der Waals surface area contributed by atoms with Crippen LogP contribution in [0.5, 0.6) is 0 Å². The third-order valence-electron chi connectivity index (χ3n) is 4.77. The smallest absolute Gasteiger partial charge is 0.230 e. The van der Waals surface area contributed by atoms with Gasteiger partial charge < -0.3 is 16.0 Å². The van der Waals surface area contributed by atoms with Crippen molar-refractivity contribution in [2.45, 2.75) is 38.6 Å². The largest absolute Gasteiger partial charge is 0.370 e. The summed E-state index contributed by atoms with van der Waals surface area (Å²) in [5.41, 5.74) is 6.52. The zero-order valence-corrected chi connectivity index (χ0v) is 19.2. The molecule has 8 heteroatoms. The number of amides is 1. The number of benzene rings is 1. The molecular formula is C18H27Cl2IN4O. The average Bonchev–Trinajstić information content (AvgIpc) is 3.02. The number of nitrogens with one attached hydrogen (secondary N) is 1. The molecule has 2 rings (SSSR count). The van der Waals surface area contributed by atoms with Crippen LogP contribution in [0, 0.1) is 5.41 Å². The molecular weight excluding hydrogens is 486 g/mol. The lowest BCUT2D eigenvalue weighted by Gasteiger charge is -2.29. The molecule has 3 N–H and O–H groups in total. The molecule has 1 aromatic rings. The first kappa shape index (κ1) is 23.3. The van der Waals surface area contributed by atoms with Crippen LogP contribution in [0.1, 0.15) is 44.2 Å². The standard InChI is InChI=1S/C18H26Cl2N4O.HI/c1-12(14-7-6-13(19)10-15(14)20)23-17(21)22-11-18(8-4-5-9-18)16(25)24(2)3;/h6-7,10,12H,4-5,8-9,11H2,1-3H3,(H3,21,22,23);1H. The number of carbonyl (C=O) groups excluding carboxylic acids is 1. The van der Waals surface area contributed by atoms with Crippen LogP contribution < -0.4 is 11.1 Å². The zero-order chi connectivity index (χ0) is 18.6. The summed E-state index contributed by atoms with van der Waals surface area (Å²) < 4.78 is 0. The maximum absolute atomic E-state index is 12.6. The lowest BCUT2D eigenvalue weighted by molar-refractivity contribution is -0.138. The fraction of sp³-hybridized carbons (Fsp3) is 0.556. The van der Waals surface area contributed by atoms with E-state index >= 15 is 0 Å². The van der Waals surface area contributed by atoms with Crippen molar-refractivity contribution in [3.63, 3.8) is 0 Å². The van der Waals surface area contributed by atoms with Gasteiger partial charge in [0.15, 0.2) is 5.96 Å². The Hall–Kier alpha value is -0.730. The average molecular weight is 513 g/mol. The van der Waals surface area contributed by atoms with Gasteiger partial charge >= 0.3 is 0 Å². The normalized spacial score (nSPS) is 17.3. The fourth-order valence-electron chi connectivity index (χ4n) is 3.40. The van der Waals surface area contributed by atoms with E-state index in [1.165, 1.54) is 0 Å². The maximum Gasteiger partial charge on any atom is 0.230 e. The van der Waals surface area contributed by atoms with Gasteiger partial charge in [0, 0.05) is 24.1 Å². The molecule has 26 heavy (non-hydrogen) atoms. The Morgan fingerprint density at radius 1 is 1.35 bits per heavy atom. The molecule has 1 aromatic carbocycles. The number of nitrogens with zero attached hydrogens (tertiary/aromatic N) is 2. The molecule has 0 spiro atoms. The van der Waals surface area contributed by atoms with Crippen LogP contribution in [0.15, 0.2) is 23.2 Å². The molecule has 1 atom stereocenters. The third-order valence-corrected chi connectivity index (χ3v) is 5.33. The van der Waals surface area contributed by atoms with Crippen molar-refractivity contribution in [3.8, 4) is 0 Å². The van der Waals surface area contributed by atoms with E-state index in [0.717, 1.165) is 31.2 Å². The molecule has 1 unspecified atom stereocenters. The number of hydrogen-bond acceptors (Lipinski definition) is 2. The first-order chi connectivity index (χ1) is 11.7. The highest BCUT2D eigenvalue weighted by atomic mass is 127. The predicted octanol–water partition coefficient (Wildman–Crippen LogP) is 4.23. The summed E-state index contributed by atoms with van der Waals surface area (Å²) in [6, 6.07) is 5.24. The summed E-state index contributed by atoms with van der Waals surface area (Å²) in [5, 5.41) is 4.31.